The third-order valence-corrected chi connectivity index (χ3v) is 2.77. The summed E-state index contributed by atoms with van der Waals surface area (Å²) in [5.74, 6) is 0.225. The van der Waals surface area contributed by atoms with Crippen LogP contribution in [-0.4, -0.2) is 34.2 Å². The molecule has 0 saturated carbocycles. The van der Waals surface area contributed by atoms with Gasteiger partial charge in [0.1, 0.15) is 0 Å². The number of carbonyl (C=O) groups is 1. The van der Waals surface area contributed by atoms with Crippen LogP contribution in [0.15, 0.2) is 22.8 Å². The molecule has 0 unspecified atom stereocenters. The van der Waals surface area contributed by atoms with Gasteiger partial charge in [0, 0.05) is 12.7 Å². The standard InChI is InChI=1S/C10H11BrN4O2/c1-17-8(16)4-5-12-10-13-9-7(11)3-2-6-15(9)14-10/h2-3,6H,4-5H2,1H3,(H,12,14). The maximum absolute atomic E-state index is 10.9. The number of pyridine rings is 1. The van der Waals surface area contributed by atoms with E-state index in [0.717, 1.165) is 10.1 Å². The minimum absolute atomic E-state index is 0.262. The molecule has 6 nitrogen and oxygen atoms in total. The van der Waals surface area contributed by atoms with E-state index in [4.69, 9.17) is 0 Å². The van der Waals surface area contributed by atoms with Gasteiger partial charge in [0.15, 0.2) is 5.65 Å². The van der Waals surface area contributed by atoms with E-state index in [-0.39, 0.29) is 12.4 Å². The summed E-state index contributed by atoms with van der Waals surface area (Å²) in [5.41, 5.74) is 0.730. The Morgan fingerprint density at radius 2 is 2.47 bits per heavy atom. The number of methoxy groups -OCH3 is 1. The number of esters is 1. The third-order valence-electron chi connectivity index (χ3n) is 2.15. The van der Waals surface area contributed by atoms with Gasteiger partial charge < -0.3 is 10.1 Å². The highest BCUT2D eigenvalue weighted by Crippen LogP contribution is 2.16. The molecule has 2 rings (SSSR count). The number of anilines is 1. The van der Waals surface area contributed by atoms with Crippen LogP contribution < -0.4 is 5.32 Å². The molecule has 2 aromatic rings. The van der Waals surface area contributed by atoms with Crippen LogP contribution in [0, 0.1) is 0 Å². The predicted molar refractivity (Wildman–Crippen MR) is 65.8 cm³/mol. The Labute approximate surface area is 106 Å². The molecular formula is C10H11BrN4O2. The fraction of sp³-hybridized carbons (Fsp3) is 0.300. The molecule has 0 spiro atoms. The Kier molecular flexibility index (Phi) is 3.58. The molecule has 2 aromatic heterocycles. The minimum atomic E-state index is -0.262. The highest BCUT2D eigenvalue weighted by Gasteiger charge is 2.06. The summed E-state index contributed by atoms with van der Waals surface area (Å²) in [6.07, 6.45) is 2.09. The molecule has 1 N–H and O–H groups in total. The van der Waals surface area contributed by atoms with Crippen LogP contribution in [0.1, 0.15) is 6.42 Å². The number of nitrogens with one attached hydrogen (secondary N) is 1. The number of halogens is 1. The van der Waals surface area contributed by atoms with Crippen LogP contribution in [0.25, 0.3) is 5.65 Å². The van der Waals surface area contributed by atoms with Crippen molar-refractivity contribution in [3.63, 3.8) is 0 Å². The van der Waals surface area contributed by atoms with E-state index in [1.54, 1.807) is 10.7 Å². The van der Waals surface area contributed by atoms with E-state index in [1.807, 2.05) is 12.1 Å². The number of rotatable bonds is 4. The summed E-state index contributed by atoms with van der Waals surface area (Å²) in [6, 6.07) is 3.76. The Balaban J connectivity index is 2.05. The van der Waals surface area contributed by atoms with Crippen LogP contribution in [-0.2, 0) is 9.53 Å². The summed E-state index contributed by atoms with van der Waals surface area (Å²) >= 11 is 3.39. The van der Waals surface area contributed by atoms with Crippen molar-refractivity contribution >= 4 is 33.5 Å². The zero-order valence-corrected chi connectivity index (χ0v) is 10.8. The average Bonchev–Trinajstić information content (AvgIpc) is 2.73. The van der Waals surface area contributed by atoms with Crippen LogP contribution in [0.3, 0.4) is 0 Å². The van der Waals surface area contributed by atoms with Crippen molar-refractivity contribution in [2.24, 2.45) is 0 Å². The molecule has 0 bridgehead atoms. The van der Waals surface area contributed by atoms with Crippen molar-refractivity contribution in [1.29, 1.82) is 0 Å². The molecule has 0 aliphatic rings. The number of hydrogen-bond acceptors (Lipinski definition) is 5. The summed E-state index contributed by atoms with van der Waals surface area (Å²) < 4.78 is 7.06. The van der Waals surface area contributed by atoms with Gasteiger partial charge in [0.25, 0.3) is 0 Å². The molecule has 7 heteroatoms. The molecule has 17 heavy (non-hydrogen) atoms. The molecular weight excluding hydrogens is 288 g/mol. The summed E-state index contributed by atoms with van der Waals surface area (Å²) in [6.45, 7) is 0.446. The second-order valence-corrected chi connectivity index (χ2v) is 4.17. The first-order valence-electron chi connectivity index (χ1n) is 5.02. The van der Waals surface area contributed by atoms with E-state index in [0.29, 0.717) is 12.5 Å². The Hall–Kier alpha value is -1.63. The number of carbonyl (C=O) groups excluding carboxylic acids is 1. The summed E-state index contributed by atoms with van der Waals surface area (Å²) in [5, 5.41) is 7.17. The molecule has 0 radical (unpaired) electrons. The van der Waals surface area contributed by atoms with Crippen molar-refractivity contribution in [2.75, 3.05) is 19.0 Å². The Morgan fingerprint density at radius 1 is 1.65 bits per heavy atom. The number of hydrogen-bond donors (Lipinski definition) is 1. The van der Waals surface area contributed by atoms with Gasteiger partial charge in [-0.05, 0) is 28.1 Å². The summed E-state index contributed by atoms with van der Waals surface area (Å²) in [7, 11) is 1.36. The maximum atomic E-state index is 10.9. The molecule has 0 aliphatic carbocycles. The maximum Gasteiger partial charge on any atom is 0.307 e. The Morgan fingerprint density at radius 3 is 3.18 bits per heavy atom. The average molecular weight is 299 g/mol. The van der Waals surface area contributed by atoms with Gasteiger partial charge in [-0.15, -0.1) is 5.10 Å². The van der Waals surface area contributed by atoms with Gasteiger partial charge in [-0.25, -0.2) is 4.52 Å². The van der Waals surface area contributed by atoms with Crippen molar-refractivity contribution < 1.29 is 9.53 Å². The minimum Gasteiger partial charge on any atom is -0.469 e. The van der Waals surface area contributed by atoms with Crippen molar-refractivity contribution in [3.05, 3.63) is 22.8 Å². The highest BCUT2D eigenvalue weighted by atomic mass is 79.9. The van der Waals surface area contributed by atoms with E-state index in [2.05, 4.69) is 36.1 Å². The molecule has 0 aromatic carbocycles. The lowest BCUT2D eigenvalue weighted by atomic mass is 10.4. The first kappa shape index (κ1) is 11.8. The zero-order chi connectivity index (χ0) is 12.3. The lowest BCUT2D eigenvalue weighted by molar-refractivity contribution is -0.140. The Bertz CT molecular complexity index is 540. The van der Waals surface area contributed by atoms with Crippen molar-refractivity contribution in [1.82, 2.24) is 14.6 Å². The van der Waals surface area contributed by atoms with Crippen LogP contribution in [0.4, 0.5) is 5.95 Å². The van der Waals surface area contributed by atoms with Gasteiger partial charge in [-0.1, -0.05) is 0 Å². The number of aromatic nitrogens is 3. The smallest absolute Gasteiger partial charge is 0.307 e. The van der Waals surface area contributed by atoms with E-state index in [9.17, 15) is 4.79 Å². The third kappa shape index (κ3) is 2.73. The SMILES string of the molecule is COC(=O)CCNc1nc2c(Br)cccn2n1. The number of nitrogens with zero attached hydrogens (tertiary/aromatic N) is 3. The zero-order valence-electron chi connectivity index (χ0n) is 9.18. The molecule has 0 atom stereocenters. The summed E-state index contributed by atoms with van der Waals surface area (Å²) in [4.78, 5) is 15.2. The fourth-order valence-corrected chi connectivity index (χ4v) is 1.75. The van der Waals surface area contributed by atoms with Crippen LogP contribution in [0.5, 0.6) is 0 Å². The fourth-order valence-electron chi connectivity index (χ4n) is 1.33. The predicted octanol–water partition coefficient (Wildman–Crippen LogP) is 1.47. The number of ether oxygens (including phenoxy) is 1. The lowest BCUT2D eigenvalue weighted by Crippen LogP contribution is -2.10. The quantitative estimate of drug-likeness (QED) is 0.866. The molecule has 0 saturated heterocycles. The molecule has 2 heterocycles. The van der Waals surface area contributed by atoms with E-state index in [1.165, 1.54) is 7.11 Å². The monoisotopic (exact) mass is 298 g/mol. The normalized spacial score (nSPS) is 10.5. The van der Waals surface area contributed by atoms with Gasteiger partial charge in [0.05, 0.1) is 18.0 Å². The molecule has 0 aliphatic heterocycles. The first-order chi connectivity index (χ1) is 8.20. The van der Waals surface area contributed by atoms with Gasteiger partial charge in [-0.3, -0.25) is 4.79 Å². The topological polar surface area (TPSA) is 68.5 Å². The first-order valence-corrected chi connectivity index (χ1v) is 5.81. The number of fused-ring (bicyclic) bond motifs is 1. The van der Waals surface area contributed by atoms with Crippen LogP contribution >= 0.6 is 15.9 Å². The van der Waals surface area contributed by atoms with Crippen LogP contribution in [0.2, 0.25) is 0 Å². The lowest BCUT2D eigenvalue weighted by Gasteiger charge is -1.99. The van der Waals surface area contributed by atoms with Crippen molar-refractivity contribution in [2.45, 2.75) is 6.42 Å². The van der Waals surface area contributed by atoms with Gasteiger partial charge in [0.2, 0.25) is 5.95 Å². The second kappa shape index (κ2) is 5.13. The highest BCUT2D eigenvalue weighted by molar-refractivity contribution is 9.10. The molecule has 0 fully saturated rings. The van der Waals surface area contributed by atoms with E-state index < -0.39 is 0 Å². The molecule has 90 valence electrons. The second-order valence-electron chi connectivity index (χ2n) is 3.31. The largest absolute Gasteiger partial charge is 0.469 e. The van der Waals surface area contributed by atoms with E-state index >= 15 is 0 Å². The van der Waals surface area contributed by atoms with Crippen molar-refractivity contribution in [3.8, 4) is 0 Å². The van der Waals surface area contributed by atoms with Gasteiger partial charge in [-0.2, -0.15) is 4.98 Å². The molecule has 0 amide bonds. The van der Waals surface area contributed by atoms with Gasteiger partial charge >= 0.3 is 5.97 Å².